The monoisotopic (exact) mass is 284 g/mol. The first kappa shape index (κ1) is 13.8. The Bertz CT molecular complexity index is 655. The number of rotatable bonds is 3. The van der Waals surface area contributed by atoms with Crippen LogP contribution in [-0.4, -0.2) is 26.3 Å². The zero-order valence-corrected chi connectivity index (χ0v) is 12.3. The van der Waals surface area contributed by atoms with Gasteiger partial charge in [-0.25, -0.2) is 0 Å². The van der Waals surface area contributed by atoms with Gasteiger partial charge in [0.15, 0.2) is 5.75 Å². The van der Waals surface area contributed by atoms with Crippen molar-refractivity contribution in [1.29, 1.82) is 0 Å². The molecule has 1 unspecified atom stereocenters. The van der Waals surface area contributed by atoms with Crippen LogP contribution in [0, 0.1) is 6.92 Å². The molecule has 4 nitrogen and oxygen atoms in total. The van der Waals surface area contributed by atoms with E-state index in [0.717, 1.165) is 40.4 Å². The van der Waals surface area contributed by atoms with Crippen molar-refractivity contribution >= 4 is 5.69 Å². The van der Waals surface area contributed by atoms with Gasteiger partial charge < -0.3 is 20.5 Å². The molecule has 0 fully saturated rings. The highest BCUT2D eigenvalue weighted by Gasteiger charge is 2.21. The van der Waals surface area contributed by atoms with E-state index in [0.29, 0.717) is 6.54 Å². The zero-order chi connectivity index (χ0) is 14.8. The Morgan fingerprint density at radius 1 is 1.29 bits per heavy atom. The van der Waals surface area contributed by atoms with Crippen molar-refractivity contribution in [2.24, 2.45) is 5.73 Å². The molecule has 0 aliphatic carbocycles. The predicted molar refractivity (Wildman–Crippen MR) is 85.1 cm³/mol. The summed E-state index contributed by atoms with van der Waals surface area (Å²) in [6.45, 7) is 3.32. The fraction of sp³-hybridized carbons (Fsp3) is 0.294. The van der Waals surface area contributed by atoms with Gasteiger partial charge in [-0.2, -0.15) is 0 Å². The number of hydrogen-bond acceptors (Lipinski definition) is 4. The van der Waals surface area contributed by atoms with E-state index in [1.54, 1.807) is 7.11 Å². The van der Waals surface area contributed by atoms with Crippen LogP contribution >= 0.6 is 0 Å². The molecule has 2 aromatic carbocycles. The van der Waals surface area contributed by atoms with Gasteiger partial charge in [-0.3, -0.25) is 0 Å². The summed E-state index contributed by atoms with van der Waals surface area (Å²) in [6, 6.07) is 12.2. The van der Waals surface area contributed by atoms with Gasteiger partial charge in [-0.05, 0) is 36.2 Å². The minimum Gasteiger partial charge on any atom is -0.497 e. The summed E-state index contributed by atoms with van der Waals surface area (Å²) in [5.74, 6) is 1.74. The first-order valence-corrected chi connectivity index (χ1v) is 7.11. The van der Waals surface area contributed by atoms with Crippen LogP contribution in [0.3, 0.4) is 0 Å². The van der Waals surface area contributed by atoms with Gasteiger partial charge in [-0.1, -0.05) is 18.2 Å². The van der Waals surface area contributed by atoms with E-state index in [1.165, 1.54) is 0 Å². The maximum absolute atomic E-state index is 6.06. The molecule has 21 heavy (non-hydrogen) atoms. The Kier molecular flexibility index (Phi) is 3.71. The molecule has 1 aliphatic heterocycles. The van der Waals surface area contributed by atoms with Crippen molar-refractivity contribution in [3.8, 4) is 22.6 Å². The van der Waals surface area contributed by atoms with Crippen molar-refractivity contribution in [3.63, 3.8) is 0 Å². The summed E-state index contributed by atoms with van der Waals surface area (Å²) in [6.07, 6.45) is 0.0113. The average Bonchev–Trinajstić information content (AvgIpc) is 2.53. The third-order valence-electron chi connectivity index (χ3n) is 3.81. The lowest BCUT2D eigenvalue weighted by molar-refractivity contribution is 0.215. The molecule has 4 heteroatoms. The number of aryl methyl sites for hydroxylation is 1. The molecule has 3 N–H and O–H groups in total. The van der Waals surface area contributed by atoms with E-state index in [1.807, 2.05) is 24.3 Å². The van der Waals surface area contributed by atoms with Gasteiger partial charge in [0.05, 0.1) is 19.3 Å². The van der Waals surface area contributed by atoms with E-state index in [2.05, 4.69) is 24.4 Å². The second-order valence-corrected chi connectivity index (χ2v) is 5.22. The summed E-state index contributed by atoms with van der Waals surface area (Å²) in [7, 11) is 1.68. The van der Waals surface area contributed by atoms with Gasteiger partial charge in [0, 0.05) is 12.1 Å². The van der Waals surface area contributed by atoms with Gasteiger partial charge in [0.1, 0.15) is 11.9 Å². The van der Waals surface area contributed by atoms with Crippen molar-refractivity contribution in [2.75, 3.05) is 25.5 Å². The highest BCUT2D eigenvalue weighted by Crippen LogP contribution is 2.40. The lowest BCUT2D eigenvalue weighted by Crippen LogP contribution is -2.37. The molecule has 0 aromatic heterocycles. The predicted octanol–water partition coefficient (Wildman–Crippen LogP) is 2.80. The van der Waals surface area contributed by atoms with Gasteiger partial charge >= 0.3 is 0 Å². The second-order valence-electron chi connectivity index (χ2n) is 5.22. The van der Waals surface area contributed by atoms with Crippen LogP contribution in [-0.2, 0) is 0 Å². The first-order valence-electron chi connectivity index (χ1n) is 7.11. The first-order chi connectivity index (χ1) is 10.2. The molecule has 0 saturated heterocycles. The molecule has 1 atom stereocenters. The lowest BCUT2D eigenvalue weighted by atomic mass is 9.98. The molecule has 0 amide bonds. The number of nitrogens with one attached hydrogen (secondary N) is 1. The molecule has 3 rings (SSSR count). The third-order valence-corrected chi connectivity index (χ3v) is 3.81. The van der Waals surface area contributed by atoms with Crippen LogP contribution in [0.15, 0.2) is 36.4 Å². The average molecular weight is 284 g/mol. The van der Waals surface area contributed by atoms with Crippen LogP contribution < -0.4 is 20.5 Å². The molecule has 0 saturated carbocycles. The summed E-state index contributed by atoms with van der Waals surface area (Å²) in [5, 5.41) is 3.39. The number of methoxy groups -OCH3 is 1. The van der Waals surface area contributed by atoms with E-state index in [-0.39, 0.29) is 6.10 Å². The highest BCUT2D eigenvalue weighted by molar-refractivity contribution is 5.80. The number of ether oxygens (including phenoxy) is 2. The minimum absolute atomic E-state index is 0.0113. The normalized spacial score (nSPS) is 16.6. The fourth-order valence-corrected chi connectivity index (χ4v) is 2.64. The molecule has 1 heterocycles. The van der Waals surface area contributed by atoms with Crippen LogP contribution in [0.2, 0.25) is 0 Å². The van der Waals surface area contributed by atoms with E-state index in [9.17, 15) is 0 Å². The van der Waals surface area contributed by atoms with Crippen LogP contribution in [0.5, 0.6) is 11.5 Å². The van der Waals surface area contributed by atoms with Crippen molar-refractivity contribution in [3.05, 3.63) is 42.0 Å². The number of hydrogen-bond donors (Lipinski definition) is 2. The molecular weight excluding hydrogens is 264 g/mol. The standard InChI is InChI=1S/C17H20N2O2/c1-11-8-12(20-2)6-7-14(11)15-4-3-5-16-17(15)21-13(9-18)10-19-16/h3-8,13,19H,9-10,18H2,1-2H3. The van der Waals surface area contributed by atoms with Crippen molar-refractivity contribution in [1.82, 2.24) is 0 Å². The molecule has 0 spiro atoms. The zero-order valence-electron chi connectivity index (χ0n) is 12.3. The van der Waals surface area contributed by atoms with E-state index in [4.69, 9.17) is 15.2 Å². The fourth-order valence-electron chi connectivity index (χ4n) is 2.64. The summed E-state index contributed by atoms with van der Waals surface area (Å²) in [4.78, 5) is 0. The Balaban J connectivity index is 2.07. The van der Waals surface area contributed by atoms with Crippen molar-refractivity contribution < 1.29 is 9.47 Å². The topological polar surface area (TPSA) is 56.5 Å². The largest absolute Gasteiger partial charge is 0.497 e. The SMILES string of the molecule is COc1ccc(-c2cccc3c2OC(CN)CN3)c(C)c1. The van der Waals surface area contributed by atoms with Crippen LogP contribution in [0.25, 0.3) is 11.1 Å². The van der Waals surface area contributed by atoms with Gasteiger partial charge in [0.2, 0.25) is 0 Å². The number of fused-ring (bicyclic) bond motifs is 1. The van der Waals surface area contributed by atoms with Crippen molar-refractivity contribution in [2.45, 2.75) is 13.0 Å². The van der Waals surface area contributed by atoms with E-state index < -0.39 is 0 Å². The molecule has 2 aromatic rings. The summed E-state index contributed by atoms with van der Waals surface area (Å²) in [5.41, 5.74) is 10.1. The van der Waals surface area contributed by atoms with Gasteiger partial charge in [-0.15, -0.1) is 0 Å². The molecular formula is C17H20N2O2. The Hall–Kier alpha value is -2.20. The summed E-state index contributed by atoms with van der Waals surface area (Å²) < 4.78 is 11.3. The maximum Gasteiger partial charge on any atom is 0.150 e. The van der Waals surface area contributed by atoms with E-state index >= 15 is 0 Å². The smallest absolute Gasteiger partial charge is 0.150 e. The number of para-hydroxylation sites is 1. The third kappa shape index (κ3) is 2.54. The Morgan fingerprint density at radius 2 is 2.14 bits per heavy atom. The molecule has 0 bridgehead atoms. The minimum atomic E-state index is 0.0113. The highest BCUT2D eigenvalue weighted by atomic mass is 16.5. The van der Waals surface area contributed by atoms with Crippen LogP contribution in [0.1, 0.15) is 5.56 Å². The number of anilines is 1. The number of benzene rings is 2. The lowest BCUT2D eigenvalue weighted by Gasteiger charge is -2.28. The molecule has 110 valence electrons. The van der Waals surface area contributed by atoms with Gasteiger partial charge in [0.25, 0.3) is 0 Å². The second kappa shape index (κ2) is 5.66. The summed E-state index contributed by atoms with van der Waals surface area (Å²) >= 11 is 0. The Morgan fingerprint density at radius 3 is 2.86 bits per heavy atom. The molecule has 0 radical (unpaired) electrons. The number of nitrogens with two attached hydrogens (primary N) is 1. The quantitative estimate of drug-likeness (QED) is 0.910. The maximum atomic E-state index is 6.06. The van der Waals surface area contributed by atoms with Crippen LogP contribution in [0.4, 0.5) is 5.69 Å². The Labute approximate surface area is 124 Å². The molecule has 1 aliphatic rings.